The van der Waals surface area contributed by atoms with Crippen LogP contribution in [0, 0.1) is 0 Å². The van der Waals surface area contributed by atoms with E-state index in [-0.39, 0.29) is 5.11 Å². The zero-order valence-electron chi connectivity index (χ0n) is 10.5. The van der Waals surface area contributed by atoms with Gasteiger partial charge in [-0.3, -0.25) is 0 Å². The zero-order valence-corrected chi connectivity index (χ0v) is 11.3. The number of nitrogens with one attached hydrogen (secondary N) is 1. The first-order valence-electron chi connectivity index (χ1n) is 6.07. The molecule has 0 saturated heterocycles. The summed E-state index contributed by atoms with van der Waals surface area (Å²) in [5.41, 5.74) is 6.66. The Morgan fingerprint density at radius 1 is 1.32 bits per heavy atom. The first-order chi connectivity index (χ1) is 9.10. The number of allylic oxidation sites excluding steroid dienone is 2. The molecule has 2 rings (SSSR count). The Balaban J connectivity index is 2.03. The van der Waals surface area contributed by atoms with Crippen molar-refractivity contribution in [2.24, 2.45) is 5.73 Å². The second-order valence-electron chi connectivity index (χ2n) is 4.35. The summed E-state index contributed by atoms with van der Waals surface area (Å²) in [7, 11) is 0. The molecule has 0 aromatic heterocycles. The Morgan fingerprint density at radius 2 is 2.05 bits per heavy atom. The van der Waals surface area contributed by atoms with Crippen LogP contribution in [0.3, 0.4) is 0 Å². The second-order valence-corrected chi connectivity index (χ2v) is 4.78. The molecule has 1 aromatic carbocycles. The summed E-state index contributed by atoms with van der Waals surface area (Å²) in [6.45, 7) is 0.650. The van der Waals surface area contributed by atoms with E-state index in [1.165, 1.54) is 5.56 Å². The van der Waals surface area contributed by atoms with Crippen LogP contribution >= 0.6 is 12.2 Å². The number of nitrogens with two attached hydrogens (primary N) is 1. The Bertz CT molecular complexity index is 501. The van der Waals surface area contributed by atoms with Crippen LogP contribution in [0.1, 0.15) is 5.56 Å². The fourth-order valence-corrected chi connectivity index (χ4v) is 2.14. The second kappa shape index (κ2) is 5.86. The standard InChI is InChI=1S/C14H17N3OS/c15-13(19)16-14(18)9-4-5-10-17(14)11-8-12-6-2-1-3-7-12/h1-7,9-10,18H,8,11H2,(H3,15,16,19). The maximum atomic E-state index is 10.5. The first kappa shape index (κ1) is 13.6. The molecule has 0 bridgehead atoms. The molecule has 0 amide bonds. The Labute approximate surface area is 118 Å². The molecular formula is C14H17N3OS. The smallest absolute Gasteiger partial charge is 0.239 e. The van der Waals surface area contributed by atoms with Gasteiger partial charge in [0.05, 0.1) is 0 Å². The van der Waals surface area contributed by atoms with Gasteiger partial charge in [-0.2, -0.15) is 0 Å². The third-order valence-electron chi connectivity index (χ3n) is 2.94. The van der Waals surface area contributed by atoms with Crippen molar-refractivity contribution in [2.75, 3.05) is 6.54 Å². The van der Waals surface area contributed by atoms with E-state index in [0.717, 1.165) is 6.42 Å². The summed E-state index contributed by atoms with van der Waals surface area (Å²) in [6.07, 6.45) is 7.87. The van der Waals surface area contributed by atoms with Crippen LogP contribution in [0.5, 0.6) is 0 Å². The predicted octanol–water partition coefficient (Wildman–Crippen LogP) is 1.09. The molecule has 5 heteroatoms. The Hall–Kier alpha value is -1.85. The molecule has 1 aliphatic heterocycles. The van der Waals surface area contributed by atoms with Gasteiger partial charge in [-0.1, -0.05) is 36.4 Å². The fourth-order valence-electron chi connectivity index (χ4n) is 1.99. The molecule has 1 aliphatic rings. The molecule has 0 saturated carbocycles. The van der Waals surface area contributed by atoms with Crippen LogP contribution in [0.4, 0.5) is 0 Å². The van der Waals surface area contributed by atoms with Gasteiger partial charge in [-0.25, -0.2) is 0 Å². The molecule has 1 atom stereocenters. The summed E-state index contributed by atoms with van der Waals surface area (Å²) in [6, 6.07) is 10.1. The molecule has 1 heterocycles. The third-order valence-corrected chi connectivity index (χ3v) is 3.04. The van der Waals surface area contributed by atoms with Gasteiger partial charge < -0.3 is 21.1 Å². The normalized spacial score (nSPS) is 21.4. The monoisotopic (exact) mass is 275 g/mol. The highest BCUT2D eigenvalue weighted by Crippen LogP contribution is 2.16. The largest absolute Gasteiger partial charge is 0.376 e. The van der Waals surface area contributed by atoms with E-state index in [4.69, 9.17) is 18.0 Å². The van der Waals surface area contributed by atoms with Crippen molar-refractivity contribution in [3.05, 3.63) is 60.3 Å². The molecule has 4 N–H and O–H groups in total. The van der Waals surface area contributed by atoms with Crippen molar-refractivity contribution >= 4 is 17.3 Å². The molecule has 1 aromatic rings. The Kier molecular flexibility index (Phi) is 4.19. The van der Waals surface area contributed by atoms with E-state index < -0.39 is 5.85 Å². The lowest BCUT2D eigenvalue weighted by atomic mass is 10.1. The van der Waals surface area contributed by atoms with E-state index in [9.17, 15) is 5.11 Å². The molecule has 0 fully saturated rings. The van der Waals surface area contributed by atoms with Crippen molar-refractivity contribution < 1.29 is 5.11 Å². The van der Waals surface area contributed by atoms with Gasteiger partial charge in [0, 0.05) is 12.7 Å². The van der Waals surface area contributed by atoms with Gasteiger partial charge in [0.25, 0.3) is 0 Å². The highest BCUT2D eigenvalue weighted by atomic mass is 32.1. The maximum Gasteiger partial charge on any atom is 0.239 e. The highest BCUT2D eigenvalue weighted by molar-refractivity contribution is 7.80. The predicted molar refractivity (Wildman–Crippen MR) is 80.0 cm³/mol. The van der Waals surface area contributed by atoms with Crippen molar-refractivity contribution in [2.45, 2.75) is 12.3 Å². The van der Waals surface area contributed by atoms with Crippen molar-refractivity contribution in [3.8, 4) is 0 Å². The van der Waals surface area contributed by atoms with Gasteiger partial charge in [-0.15, -0.1) is 0 Å². The van der Waals surface area contributed by atoms with E-state index in [1.807, 2.05) is 30.5 Å². The summed E-state index contributed by atoms with van der Waals surface area (Å²) < 4.78 is 0. The summed E-state index contributed by atoms with van der Waals surface area (Å²) in [5, 5.41) is 13.2. The van der Waals surface area contributed by atoms with Crippen LogP contribution in [0.2, 0.25) is 0 Å². The van der Waals surface area contributed by atoms with Gasteiger partial charge in [0.1, 0.15) is 0 Å². The molecule has 0 aliphatic carbocycles. The number of hydrogen-bond acceptors (Lipinski definition) is 3. The van der Waals surface area contributed by atoms with E-state index >= 15 is 0 Å². The number of nitrogens with zero attached hydrogens (tertiary/aromatic N) is 1. The lowest BCUT2D eigenvalue weighted by Crippen LogP contribution is -2.59. The molecule has 100 valence electrons. The number of rotatable bonds is 4. The highest BCUT2D eigenvalue weighted by Gasteiger charge is 2.31. The van der Waals surface area contributed by atoms with E-state index in [0.29, 0.717) is 6.54 Å². The number of thiocarbonyl (C=S) groups is 1. The van der Waals surface area contributed by atoms with Crippen molar-refractivity contribution in [1.82, 2.24) is 10.2 Å². The van der Waals surface area contributed by atoms with Crippen molar-refractivity contribution in [3.63, 3.8) is 0 Å². The number of aliphatic hydroxyl groups is 1. The van der Waals surface area contributed by atoms with Crippen LogP contribution in [0.25, 0.3) is 0 Å². The molecule has 0 radical (unpaired) electrons. The number of benzene rings is 1. The molecule has 0 spiro atoms. The average molecular weight is 275 g/mol. The van der Waals surface area contributed by atoms with Crippen molar-refractivity contribution in [1.29, 1.82) is 0 Å². The minimum absolute atomic E-state index is 0.0622. The molecule has 4 nitrogen and oxygen atoms in total. The summed E-state index contributed by atoms with van der Waals surface area (Å²) in [5.74, 6) is -1.35. The average Bonchev–Trinajstić information content (AvgIpc) is 2.38. The van der Waals surface area contributed by atoms with Gasteiger partial charge in [-0.05, 0) is 36.4 Å². The van der Waals surface area contributed by atoms with Crippen LogP contribution in [-0.2, 0) is 6.42 Å². The number of hydrogen-bond donors (Lipinski definition) is 3. The topological polar surface area (TPSA) is 61.5 Å². The summed E-state index contributed by atoms with van der Waals surface area (Å²) in [4.78, 5) is 1.76. The summed E-state index contributed by atoms with van der Waals surface area (Å²) >= 11 is 4.80. The van der Waals surface area contributed by atoms with Crippen LogP contribution < -0.4 is 11.1 Å². The SMILES string of the molecule is NC(=S)NC1(O)C=CC=CN1CCc1ccccc1. The lowest BCUT2D eigenvalue weighted by molar-refractivity contribution is -0.0531. The van der Waals surface area contributed by atoms with Crippen LogP contribution in [0.15, 0.2) is 54.8 Å². The fraction of sp³-hybridized carbons (Fsp3) is 0.214. The zero-order chi connectivity index (χ0) is 13.7. The molecular weight excluding hydrogens is 258 g/mol. The minimum Gasteiger partial charge on any atom is -0.376 e. The van der Waals surface area contributed by atoms with Gasteiger partial charge in [0.15, 0.2) is 5.11 Å². The maximum absolute atomic E-state index is 10.5. The molecule has 19 heavy (non-hydrogen) atoms. The minimum atomic E-state index is -1.35. The van der Waals surface area contributed by atoms with Gasteiger partial charge in [0.2, 0.25) is 5.85 Å². The van der Waals surface area contributed by atoms with Crippen LogP contribution in [-0.4, -0.2) is 27.5 Å². The van der Waals surface area contributed by atoms with Gasteiger partial charge >= 0.3 is 0 Å². The third kappa shape index (κ3) is 3.56. The quantitative estimate of drug-likeness (QED) is 0.567. The molecule has 1 unspecified atom stereocenters. The van der Waals surface area contributed by atoms with E-state index in [1.54, 1.807) is 17.1 Å². The Morgan fingerprint density at radius 3 is 2.74 bits per heavy atom. The lowest BCUT2D eigenvalue weighted by Gasteiger charge is -2.38. The first-order valence-corrected chi connectivity index (χ1v) is 6.48. The van der Waals surface area contributed by atoms with E-state index in [2.05, 4.69) is 17.4 Å².